The van der Waals surface area contributed by atoms with Gasteiger partial charge in [-0.05, 0) is 146 Å². The molecule has 6 heteroatoms. The lowest BCUT2D eigenvalue weighted by molar-refractivity contribution is 0.467. The molecule has 126 valence electrons. The number of aryl methyl sites for hydroxylation is 4. The second-order valence-corrected chi connectivity index (χ2v) is 10.3. The van der Waals surface area contributed by atoms with Crippen molar-refractivity contribution in [3.8, 4) is 11.5 Å². The van der Waals surface area contributed by atoms with Crippen LogP contribution in [0.25, 0.3) is 21.5 Å². The fourth-order valence-corrected chi connectivity index (χ4v) is 7.09. The summed E-state index contributed by atoms with van der Waals surface area (Å²) in [5, 5.41) is 25.7. The standard InChI is InChI=1S/C18H14I4O2/c1-5-9-7(3)13(19)17(23)8(4)10(9)6(2)12-11(5)14(20)16(22)18(24)15(12)21/h23-24H,1-4H3. The van der Waals surface area contributed by atoms with E-state index in [9.17, 15) is 10.2 Å². The van der Waals surface area contributed by atoms with E-state index in [1.807, 2.05) is 6.92 Å². The van der Waals surface area contributed by atoms with Crippen molar-refractivity contribution in [3.05, 3.63) is 36.5 Å². The van der Waals surface area contributed by atoms with Crippen LogP contribution in [-0.2, 0) is 0 Å². The van der Waals surface area contributed by atoms with Crippen molar-refractivity contribution in [1.29, 1.82) is 0 Å². The Kier molecular flexibility index (Phi) is 5.43. The van der Waals surface area contributed by atoms with Crippen LogP contribution < -0.4 is 0 Å². The van der Waals surface area contributed by atoms with Gasteiger partial charge in [-0.15, -0.1) is 0 Å². The number of benzene rings is 3. The number of hydrogen-bond acceptors (Lipinski definition) is 2. The first-order valence-electron chi connectivity index (χ1n) is 7.20. The van der Waals surface area contributed by atoms with Crippen molar-refractivity contribution in [3.63, 3.8) is 0 Å². The molecule has 0 bridgehead atoms. The van der Waals surface area contributed by atoms with Gasteiger partial charge in [0.1, 0.15) is 11.5 Å². The first kappa shape index (κ1) is 19.5. The molecule has 0 fully saturated rings. The summed E-state index contributed by atoms with van der Waals surface area (Å²) in [6.45, 7) is 8.29. The van der Waals surface area contributed by atoms with Crippen molar-refractivity contribution in [2.45, 2.75) is 27.7 Å². The summed E-state index contributed by atoms with van der Waals surface area (Å²) < 4.78 is 3.78. The molecule has 0 aromatic heterocycles. The summed E-state index contributed by atoms with van der Waals surface area (Å²) in [5.74, 6) is 0.709. The fourth-order valence-electron chi connectivity index (χ4n) is 3.49. The Morgan fingerprint density at radius 2 is 0.917 bits per heavy atom. The van der Waals surface area contributed by atoms with E-state index in [2.05, 4.69) is 111 Å². The Morgan fingerprint density at radius 3 is 1.46 bits per heavy atom. The van der Waals surface area contributed by atoms with E-state index in [0.29, 0.717) is 11.5 Å². The van der Waals surface area contributed by atoms with Gasteiger partial charge in [0.25, 0.3) is 0 Å². The van der Waals surface area contributed by atoms with Gasteiger partial charge >= 0.3 is 0 Å². The second-order valence-electron chi connectivity index (χ2n) is 5.95. The zero-order valence-corrected chi connectivity index (χ0v) is 22.0. The van der Waals surface area contributed by atoms with Gasteiger partial charge in [-0.25, -0.2) is 0 Å². The smallest absolute Gasteiger partial charge is 0.143 e. The Labute approximate surface area is 195 Å². The number of hydrogen-bond donors (Lipinski definition) is 2. The zero-order valence-electron chi connectivity index (χ0n) is 13.4. The van der Waals surface area contributed by atoms with Gasteiger partial charge in [0.15, 0.2) is 0 Å². The van der Waals surface area contributed by atoms with Gasteiger partial charge in [-0.1, -0.05) is 0 Å². The molecule has 0 spiro atoms. The van der Waals surface area contributed by atoms with Crippen LogP contribution in [0.2, 0.25) is 0 Å². The lowest BCUT2D eigenvalue weighted by atomic mass is 9.88. The van der Waals surface area contributed by atoms with Crippen molar-refractivity contribution in [1.82, 2.24) is 0 Å². The van der Waals surface area contributed by atoms with E-state index in [0.717, 1.165) is 41.7 Å². The molecule has 0 aliphatic heterocycles. The van der Waals surface area contributed by atoms with Gasteiger partial charge in [0, 0.05) is 19.9 Å². The largest absolute Gasteiger partial charge is 0.507 e. The van der Waals surface area contributed by atoms with Crippen LogP contribution in [0, 0.1) is 42.0 Å². The average Bonchev–Trinajstić information content (AvgIpc) is 2.55. The minimum atomic E-state index is 0.346. The highest BCUT2D eigenvalue weighted by molar-refractivity contribution is 14.1. The van der Waals surface area contributed by atoms with Crippen LogP contribution in [0.4, 0.5) is 0 Å². The molecule has 0 amide bonds. The number of halogens is 4. The maximum absolute atomic E-state index is 10.5. The minimum Gasteiger partial charge on any atom is -0.507 e. The first-order chi connectivity index (χ1) is 11.1. The summed E-state index contributed by atoms with van der Waals surface area (Å²) in [5.41, 5.74) is 4.35. The highest BCUT2D eigenvalue weighted by Gasteiger charge is 2.23. The third kappa shape index (κ3) is 2.55. The highest BCUT2D eigenvalue weighted by Crippen LogP contribution is 2.47. The number of phenols is 2. The Morgan fingerprint density at radius 1 is 0.458 bits per heavy atom. The SMILES string of the molecule is Cc1c(O)c(I)c(C)c2c(C)c3c(I)c(I)c(O)c(I)c3c(C)c12. The normalized spacial score (nSPS) is 11.7. The van der Waals surface area contributed by atoms with Crippen molar-refractivity contribution in [2.75, 3.05) is 0 Å². The number of rotatable bonds is 0. The van der Waals surface area contributed by atoms with E-state index in [1.54, 1.807) is 0 Å². The van der Waals surface area contributed by atoms with Crippen LogP contribution >= 0.6 is 90.4 Å². The average molecular weight is 770 g/mol. The molecule has 24 heavy (non-hydrogen) atoms. The number of phenolic OH excluding ortho intramolecular Hbond substituents is 2. The van der Waals surface area contributed by atoms with Crippen LogP contribution in [0.5, 0.6) is 11.5 Å². The predicted molar refractivity (Wildman–Crippen MR) is 135 cm³/mol. The maximum atomic E-state index is 10.5. The third-order valence-electron chi connectivity index (χ3n) is 4.69. The van der Waals surface area contributed by atoms with Crippen LogP contribution in [0.1, 0.15) is 22.3 Å². The molecule has 0 atom stereocenters. The van der Waals surface area contributed by atoms with Gasteiger partial charge in [0.2, 0.25) is 0 Å². The summed E-state index contributed by atoms with van der Waals surface area (Å²) >= 11 is 9.01. The lowest BCUT2D eigenvalue weighted by Gasteiger charge is -2.21. The molecule has 2 N–H and O–H groups in total. The van der Waals surface area contributed by atoms with Gasteiger partial charge in [-0.3, -0.25) is 0 Å². The van der Waals surface area contributed by atoms with Crippen LogP contribution in [0.3, 0.4) is 0 Å². The highest BCUT2D eigenvalue weighted by atomic mass is 127. The quantitative estimate of drug-likeness (QED) is 0.146. The van der Waals surface area contributed by atoms with E-state index in [4.69, 9.17) is 0 Å². The lowest BCUT2D eigenvalue weighted by Crippen LogP contribution is -2.00. The first-order valence-corrected chi connectivity index (χ1v) is 11.5. The van der Waals surface area contributed by atoms with Gasteiger partial charge < -0.3 is 10.2 Å². The predicted octanol–water partition coefficient (Wildman–Crippen LogP) is 7.06. The van der Waals surface area contributed by atoms with Crippen molar-refractivity contribution < 1.29 is 10.2 Å². The molecule has 3 rings (SSSR count). The fraction of sp³-hybridized carbons (Fsp3) is 0.222. The molecule has 0 saturated carbocycles. The molecule has 0 heterocycles. The van der Waals surface area contributed by atoms with E-state index in [1.165, 1.54) is 16.3 Å². The maximum Gasteiger partial charge on any atom is 0.143 e. The Balaban J connectivity index is 2.82. The van der Waals surface area contributed by atoms with Crippen LogP contribution in [0.15, 0.2) is 0 Å². The Hall–Kier alpha value is 0.700. The summed E-state index contributed by atoms with van der Waals surface area (Å²) in [7, 11) is 0. The van der Waals surface area contributed by atoms with Crippen LogP contribution in [-0.4, -0.2) is 10.2 Å². The molecule has 0 unspecified atom stereocenters. The van der Waals surface area contributed by atoms with Gasteiger partial charge in [0.05, 0.1) is 10.7 Å². The minimum absolute atomic E-state index is 0.346. The Bertz CT molecular complexity index is 890. The second kappa shape index (κ2) is 6.70. The summed E-state index contributed by atoms with van der Waals surface area (Å²) in [4.78, 5) is 0. The van der Waals surface area contributed by atoms with Crippen molar-refractivity contribution >= 4 is 112 Å². The molecular formula is C18H14I4O2. The molecule has 2 nitrogen and oxygen atoms in total. The molecular weight excluding hydrogens is 756 g/mol. The molecule has 0 aliphatic carbocycles. The van der Waals surface area contributed by atoms with E-state index >= 15 is 0 Å². The topological polar surface area (TPSA) is 40.5 Å². The van der Waals surface area contributed by atoms with E-state index in [-0.39, 0.29) is 0 Å². The molecule has 0 aliphatic rings. The van der Waals surface area contributed by atoms with Gasteiger partial charge in [-0.2, -0.15) is 0 Å². The molecule has 0 saturated heterocycles. The molecule has 0 radical (unpaired) electrons. The third-order valence-corrected chi connectivity index (χ3v) is 10.2. The summed E-state index contributed by atoms with van der Waals surface area (Å²) in [6.07, 6.45) is 0. The monoisotopic (exact) mass is 770 g/mol. The molecule has 3 aromatic carbocycles. The number of fused-ring (bicyclic) bond motifs is 2. The van der Waals surface area contributed by atoms with E-state index < -0.39 is 0 Å². The van der Waals surface area contributed by atoms with Crippen molar-refractivity contribution in [2.24, 2.45) is 0 Å². The summed E-state index contributed by atoms with van der Waals surface area (Å²) in [6, 6.07) is 0. The number of aromatic hydroxyl groups is 2. The zero-order chi connectivity index (χ0) is 18.1. The molecule has 3 aromatic rings.